The summed E-state index contributed by atoms with van der Waals surface area (Å²) < 4.78 is 0. The van der Waals surface area contributed by atoms with Crippen molar-refractivity contribution in [1.82, 2.24) is 0 Å². The summed E-state index contributed by atoms with van der Waals surface area (Å²) >= 11 is 1.69. The number of anilines is 2. The monoisotopic (exact) mass is 265 g/mol. The Kier molecular flexibility index (Phi) is 2.90. The van der Waals surface area contributed by atoms with Gasteiger partial charge in [-0.1, -0.05) is 35.4 Å². The minimum absolute atomic E-state index is 0.0873. The fraction of sp³-hybridized carbons (Fsp3) is 0.133. The molecule has 0 amide bonds. The van der Waals surface area contributed by atoms with Crippen LogP contribution in [0, 0.1) is 0 Å². The average Bonchev–Trinajstić information content (AvgIpc) is 2.38. The molecule has 0 saturated heterocycles. The molecule has 0 aliphatic carbocycles. The molecule has 0 aromatic heterocycles. The quantitative estimate of drug-likeness (QED) is 0.584. The van der Waals surface area contributed by atoms with Crippen molar-refractivity contribution in [2.45, 2.75) is 16.7 Å². The van der Waals surface area contributed by atoms with Gasteiger partial charge < -0.3 is 4.90 Å². The molecular weight excluding hydrogens is 253 g/mol. The van der Waals surface area contributed by atoms with Gasteiger partial charge in [0.1, 0.15) is 7.85 Å². The number of hydrogen-bond donors (Lipinski definition) is 0. The van der Waals surface area contributed by atoms with Gasteiger partial charge in [0, 0.05) is 22.4 Å². The zero-order chi connectivity index (χ0) is 13.6. The van der Waals surface area contributed by atoms with E-state index in [9.17, 15) is 4.79 Å². The molecule has 2 aromatic rings. The second-order valence-corrected chi connectivity index (χ2v) is 5.71. The number of hydrogen-bond acceptors (Lipinski definition) is 3. The Bertz CT molecular complexity index is 684. The zero-order valence-electron chi connectivity index (χ0n) is 10.8. The lowest BCUT2D eigenvalue weighted by molar-refractivity contribution is 0.101. The summed E-state index contributed by atoms with van der Waals surface area (Å²) in [4.78, 5) is 15.9. The van der Waals surface area contributed by atoms with Gasteiger partial charge in [-0.05, 0) is 25.1 Å². The fourth-order valence-electron chi connectivity index (χ4n) is 2.22. The van der Waals surface area contributed by atoms with Crippen molar-refractivity contribution >= 4 is 42.2 Å². The number of Topliss-reactive ketones (excluding diaryl/α,β-unsaturated/α-hetero) is 1. The maximum atomic E-state index is 11.5. The van der Waals surface area contributed by atoms with Crippen LogP contribution in [0.2, 0.25) is 0 Å². The molecule has 0 atom stereocenters. The van der Waals surface area contributed by atoms with Crippen LogP contribution in [-0.2, 0) is 0 Å². The SMILES string of the molecule is [B]c1ccc2c(c1)Sc1ccc(C(C)=O)cc1N2C. The van der Waals surface area contributed by atoms with Crippen LogP contribution in [0.5, 0.6) is 0 Å². The van der Waals surface area contributed by atoms with Crippen molar-refractivity contribution in [3.8, 4) is 0 Å². The minimum atomic E-state index is 0.0873. The molecule has 2 radical (unpaired) electrons. The van der Waals surface area contributed by atoms with Crippen LogP contribution in [0.15, 0.2) is 46.2 Å². The molecule has 1 aliphatic rings. The highest BCUT2D eigenvalue weighted by molar-refractivity contribution is 7.99. The molecule has 2 nitrogen and oxygen atoms in total. The lowest BCUT2D eigenvalue weighted by atomic mass is 9.96. The van der Waals surface area contributed by atoms with Gasteiger partial charge in [0.25, 0.3) is 0 Å². The number of rotatable bonds is 1. The molecule has 3 rings (SSSR count). The maximum Gasteiger partial charge on any atom is 0.159 e. The van der Waals surface area contributed by atoms with Gasteiger partial charge in [-0.25, -0.2) is 0 Å². The van der Waals surface area contributed by atoms with E-state index < -0.39 is 0 Å². The third kappa shape index (κ3) is 2.06. The predicted molar refractivity (Wildman–Crippen MR) is 80.5 cm³/mol. The van der Waals surface area contributed by atoms with Crippen LogP contribution in [0.25, 0.3) is 0 Å². The molecule has 0 saturated carbocycles. The van der Waals surface area contributed by atoms with Gasteiger partial charge in [-0.2, -0.15) is 0 Å². The van der Waals surface area contributed by atoms with E-state index in [0.717, 1.165) is 32.2 Å². The summed E-state index contributed by atoms with van der Waals surface area (Å²) in [5, 5.41) is 0. The van der Waals surface area contributed by atoms with Crippen molar-refractivity contribution in [2.24, 2.45) is 0 Å². The zero-order valence-corrected chi connectivity index (χ0v) is 11.6. The molecule has 1 heterocycles. The molecule has 0 unspecified atom stereocenters. The number of ketones is 1. The van der Waals surface area contributed by atoms with Gasteiger partial charge in [0.15, 0.2) is 5.78 Å². The minimum Gasteiger partial charge on any atom is -0.343 e. The Hall–Kier alpha value is -1.68. The Labute approximate surface area is 118 Å². The van der Waals surface area contributed by atoms with Crippen molar-refractivity contribution in [3.63, 3.8) is 0 Å². The highest BCUT2D eigenvalue weighted by Crippen LogP contribution is 2.47. The van der Waals surface area contributed by atoms with Crippen molar-refractivity contribution in [1.29, 1.82) is 0 Å². The van der Waals surface area contributed by atoms with E-state index in [4.69, 9.17) is 7.85 Å². The van der Waals surface area contributed by atoms with Gasteiger partial charge in [-0.3, -0.25) is 4.79 Å². The first-order chi connectivity index (χ1) is 9.06. The van der Waals surface area contributed by atoms with Crippen LogP contribution in [0.3, 0.4) is 0 Å². The van der Waals surface area contributed by atoms with E-state index in [-0.39, 0.29) is 5.78 Å². The summed E-state index contributed by atoms with van der Waals surface area (Å²) in [6.45, 7) is 1.59. The van der Waals surface area contributed by atoms with Gasteiger partial charge in [-0.15, -0.1) is 0 Å². The summed E-state index contributed by atoms with van der Waals surface area (Å²) in [5.41, 5.74) is 3.69. The highest BCUT2D eigenvalue weighted by atomic mass is 32.2. The van der Waals surface area contributed by atoms with Gasteiger partial charge in [0.2, 0.25) is 0 Å². The number of carbonyl (C=O) groups excluding carboxylic acids is 1. The first-order valence-electron chi connectivity index (χ1n) is 6.02. The van der Waals surface area contributed by atoms with Gasteiger partial charge in [0.05, 0.1) is 11.4 Å². The Morgan fingerprint density at radius 1 is 1.11 bits per heavy atom. The molecule has 4 heteroatoms. The van der Waals surface area contributed by atoms with Crippen LogP contribution in [0.4, 0.5) is 11.4 Å². The van der Waals surface area contributed by atoms with E-state index >= 15 is 0 Å². The fourth-order valence-corrected chi connectivity index (χ4v) is 3.40. The van der Waals surface area contributed by atoms with Crippen molar-refractivity contribution in [2.75, 3.05) is 11.9 Å². The maximum absolute atomic E-state index is 11.5. The van der Waals surface area contributed by atoms with E-state index in [1.165, 1.54) is 0 Å². The third-order valence-electron chi connectivity index (χ3n) is 3.29. The first-order valence-corrected chi connectivity index (χ1v) is 6.84. The van der Waals surface area contributed by atoms with E-state index in [0.29, 0.717) is 0 Å². The Morgan fingerprint density at radius 2 is 1.89 bits per heavy atom. The molecule has 0 bridgehead atoms. The summed E-state index contributed by atoms with van der Waals surface area (Å²) in [5.74, 6) is 0.0873. The Balaban J connectivity index is 2.13. The van der Waals surface area contributed by atoms with Crippen LogP contribution in [-0.4, -0.2) is 20.7 Å². The molecule has 0 N–H and O–H groups in total. The lowest BCUT2D eigenvalue weighted by Gasteiger charge is -2.30. The Morgan fingerprint density at radius 3 is 2.63 bits per heavy atom. The molecule has 19 heavy (non-hydrogen) atoms. The standard InChI is InChI=1S/C15H12BNOS/c1-9(18)10-3-6-14-13(7-10)17(2)12-5-4-11(16)8-15(12)19-14/h3-8H,1-2H3. The number of fused-ring (bicyclic) bond motifs is 2. The smallest absolute Gasteiger partial charge is 0.159 e. The number of nitrogens with zero attached hydrogens (tertiary/aromatic N) is 1. The second kappa shape index (κ2) is 4.46. The van der Waals surface area contributed by atoms with Gasteiger partial charge >= 0.3 is 0 Å². The van der Waals surface area contributed by atoms with E-state index in [1.54, 1.807) is 18.7 Å². The van der Waals surface area contributed by atoms with Crippen molar-refractivity contribution < 1.29 is 4.79 Å². The predicted octanol–water partition coefficient (Wildman–Crippen LogP) is 2.92. The normalized spacial score (nSPS) is 12.8. The van der Waals surface area contributed by atoms with E-state index in [2.05, 4.69) is 4.90 Å². The first kappa shape index (κ1) is 12.4. The molecule has 0 spiro atoms. The molecular formula is C15H12BNOS. The molecule has 92 valence electrons. The van der Waals surface area contributed by atoms with E-state index in [1.807, 2.05) is 43.4 Å². The van der Waals surface area contributed by atoms with Crippen LogP contribution >= 0.6 is 11.8 Å². The van der Waals surface area contributed by atoms with Crippen LogP contribution in [0.1, 0.15) is 17.3 Å². The third-order valence-corrected chi connectivity index (χ3v) is 4.40. The second-order valence-electron chi connectivity index (χ2n) is 4.63. The largest absolute Gasteiger partial charge is 0.343 e. The van der Waals surface area contributed by atoms with Crippen LogP contribution < -0.4 is 10.4 Å². The number of benzene rings is 2. The highest BCUT2D eigenvalue weighted by Gasteiger charge is 2.21. The van der Waals surface area contributed by atoms with Crippen molar-refractivity contribution in [3.05, 3.63) is 42.0 Å². The lowest BCUT2D eigenvalue weighted by Crippen LogP contribution is -2.17. The number of carbonyl (C=O) groups is 1. The molecule has 0 fully saturated rings. The summed E-state index contributed by atoms with van der Waals surface area (Å²) in [7, 11) is 7.85. The summed E-state index contributed by atoms with van der Waals surface area (Å²) in [6.07, 6.45) is 0. The molecule has 2 aromatic carbocycles. The summed E-state index contributed by atoms with van der Waals surface area (Å²) in [6, 6.07) is 11.7. The average molecular weight is 265 g/mol. The molecule has 1 aliphatic heterocycles. The topological polar surface area (TPSA) is 20.3 Å².